The molecule has 0 radical (unpaired) electrons. The molecule has 0 aliphatic carbocycles. The van der Waals surface area contributed by atoms with Crippen molar-refractivity contribution in [1.82, 2.24) is 0 Å². The van der Waals surface area contributed by atoms with E-state index in [0.717, 1.165) is 17.5 Å². The van der Waals surface area contributed by atoms with Gasteiger partial charge in [0.25, 0.3) is 0 Å². The van der Waals surface area contributed by atoms with E-state index in [-0.39, 0.29) is 5.54 Å². The van der Waals surface area contributed by atoms with Crippen LogP contribution in [-0.2, 0) is 6.42 Å². The van der Waals surface area contributed by atoms with E-state index in [1.807, 2.05) is 50.3 Å². The number of nitriles is 2. The molecule has 0 atom stereocenters. The van der Waals surface area contributed by atoms with Crippen LogP contribution < -0.4 is 0 Å². The number of benzene rings is 1. The smallest absolute Gasteiger partial charge is 0.175 e. The van der Waals surface area contributed by atoms with E-state index >= 15 is 0 Å². The molecular formula is C14H13N3. The fourth-order valence-corrected chi connectivity index (χ4v) is 2.19. The lowest BCUT2D eigenvalue weighted by molar-refractivity contribution is 0.510. The first kappa shape index (κ1) is 11.4. The van der Waals surface area contributed by atoms with Gasteiger partial charge in [-0.15, -0.1) is 0 Å². The van der Waals surface area contributed by atoms with E-state index in [4.69, 9.17) is 10.5 Å². The highest BCUT2D eigenvalue weighted by Crippen LogP contribution is 2.28. The van der Waals surface area contributed by atoms with Crippen LogP contribution >= 0.6 is 0 Å². The fourth-order valence-electron chi connectivity index (χ4n) is 2.19. The first-order chi connectivity index (χ1) is 8.07. The molecule has 0 unspecified atom stereocenters. The molecule has 0 N–H and O–H groups in total. The van der Waals surface area contributed by atoms with E-state index in [2.05, 4.69) is 4.99 Å². The second kappa shape index (κ2) is 4.03. The Bertz CT molecular complexity index is 542. The van der Waals surface area contributed by atoms with Crippen molar-refractivity contribution in [2.45, 2.75) is 25.8 Å². The molecule has 84 valence electrons. The molecule has 0 bridgehead atoms. The first-order valence-corrected chi connectivity index (χ1v) is 5.54. The summed E-state index contributed by atoms with van der Waals surface area (Å²) in [5.74, 6) is -0.782. The molecule has 1 aromatic carbocycles. The molecule has 1 aliphatic heterocycles. The van der Waals surface area contributed by atoms with E-state index in [1.54, 1.807) is 0 Å². The lowest BCUT2D eigenvalue weighted by atomic mass is 9.84. The Labute approximate surface area is 101 Å². The van der Waals surface area contributed by atoms with Crippen molar-refractivity contribution in [3.63, 3.8) is 0 Å². The highest BCUT2D eigenvalue weighted by Gasteiger charge is 2.30. The summed E-state index contributed by atoms with van der Waals surface area (Å²) < 4.78 is 0. The number of aliphatic imine (C=N–C) groups is 1. The maximum absolute atomic E-state index is 9.02. The summed E-state index contributed by atoms with van der Waals surface area (Å²) in [6, 6.07) is 11.9. The van der Waals surface area contributed by atoms with Crippen LogP contribution in [0.5, 0.6) is 0 Å². The molecule has 17 heavy (non-hydrogen) atoms. The minimum atomic E-state index is -0.782. The topological polar surface area (TPSA) is 59.9 Å². The minimum Gasteiger partial charge on any atom is -0.280 e. The van der Waals surface area contributed by atoms with Gasteiger partial charge in [0.15, 0.2) is 5.92 Å². The third kappa shape index (κ3) is 2.05. The molecule has 0 fully saturated rings. The van der Waals surface area contributed by atoms with Gasteiger partial charge in [-0.25, -0.2) is 0 Å². The van der Waals surface area contributed by atoms with Crippen LogP contribution in [0, 0.1) is 28.6 Å². The van der Waals surface area contributed by atoms with Crippen molar-refractivity contribution in [1.29, 1.82) is 10.5 Å². The quantitative estimate of drug-likeness (QED) is 0.734. The molecule has 2 rings (SSSR count). The van der Waals surface area contributed by atoms with Crippen LogP contribution in [-0.4, -0.2) is 11.3 Å². The van der Waals surface area contributed by atoms with Gasteiger partial charge in [-0.05, 0) is 25.8 Å². The third-order valence-electron chi connectivity index (χ3n) is 2.87. The predicted octanol–water partition coefficient (Wildman–Crippen LogP) is 2.47. The fraction of sp³-hybridized carbons (Fsp3) is 0.357. The Morgan fingerprint density at radius 1 is 1.24 bits per heavy atom. The summed E-state index contributed by atoms with van der Waals surface area (Å²) in [5, 5.41) is 18.0. The SMILES string of the molecule is CC1(C)Cc2ccccc2C(C(C#N)C#N)=N1. The summed E-state index contributed by atoms with van der Waals surface area (Å²) in [4.78, 5) is 4.57. The van der Waals surface area contributed by atoms with E-state index in [9.17, 15) is 0 Å². The highest BCUT2D eigenvalue weighted by atomic mass is 14.9. The summed E-state index contributed by atoms with van der Waals surface area (Å²) >= 11 is 0. The van der Waals surface area contributed by atoms with Crippen molar-refractivity contribution >= 4 is 5.71 Å². The molecule has 1 aromatic rings. The lowest BCUT2D eigenvalue weighted by Gasteiger charge is -2.29. The van der Waals surface area contributed by atoms with Gasteiger partial charge in [-0.3, -0.25) is 4.99 Å². The Hall–Kier alpha value is -2.13. The average molecular weight is 223 g/mol. The number of rotatable bonds is 1. The van der Waals surface area contributed by atoms with Crippen molar-refractivity contribution in [2.75, 3.05) is 0 Å². The van der Waals surface area contributed by atoms with Crippen LogP contribution in [0.3, 0.4) is 0 Å². The molecule has 3 heteroatoms. The van der Waals surface area contributed by atoms with Crippen LogP contribution in [0.25, 0.3) is 0 Å². The van der Waals surface area contributed by atoms with Gasteiger partial charge in [0.2, 0.25) is 0 Å². The first-order valence-electron chi connectivity index (χ1n) is 5.54. The number of fused-ring (bicyclic) bond motifs is 1. The lowest BCUT2D eigenvalue weighted by Crippen LogP contribution is -2.31. The predicted molar refractivity (Wildman–Crippen MR) is 65.5 cm³/mol. The van der Waals surface area contributed by atoms with Crippen LogP contribution in [0.1, 0.15) is 25.0 Å². The molecule has 1 heterocycles. The van der Waals surface area contributed by atoms with Crippen LogP contribution in [0.15, 0.2) is 29.3 Å². The molecule has 0 aromatic heterocycles. The van der Waals surface area contributed by atoms with E-state index in [1.165, 1.54) is 0 Å². The summed E-state index contributed by atoms with van der Waals surface area (Å²) in [7, 11) is 0. The molecular weight excluding hydrogens is 210 g/mol. The standard InChI is InChI=1S/C14H13N3/c1-14(2)7-10-5-3-4-6-12(10)13(17-14)11(8-15)9-16/h3-6,11H,7H2,1-2H3. The molecule has 1 aliphatic rings. The second-order valence-electron chi connectivity index (χ2n) is 4.83. The number of hydrogen-bond acceptors (Lipinski definition) is 3. The minimum absolute atomic E-state index is 0.240. The van der Waals surface area contributed by atoms with Crippen molar-refractivity contribution in [3.8, 4) is 12.1 Å². The molecule has 0 spiro atoms. The zero-order valence-electron chi connectivity index (χ0n) is 9.94. The van der Waals surface area contributed by atoms with Gasteiger partial charge in [-0.1, -0.05) is 24.3 Å². The molecule has 0 saturated heterocycles. The zero-order valence-corrected chi connectivity index (χ0v) is 9.94. The van der Waals surface area contributed by atoms with Gasteiger partial charge in [0.05, 0.1) is 23.4 Å². The van der Waals surface area contributed by atoms with Crippen molar-refractivity contribution in [3.05, 3.63) is 35.4 Å². The zero-order chi connectivity index (χ0) is 12.5. The largest absolute Gasteiger partial charge is 0.280 e. The Balaban J connectivity index is 2.60. The highest BCUT2D eigenvalue weighted by molar-refractivity contribution is 6.07. The second-order valence-corrected chi connectivity index (χ2v) is 4.83. The van der Waals surface area contributed by atoms with Crippen molar-refractivity contribution < 1.29 is 0 Å². The molecule has 3 nitrogen and oxygen atoms in total. The van der Waals surface area contributed by atoms with Gasteiger partial charge in [0.1, 0.15) is 0 Å². The maximum atomic E-state index is 9.02. The summed E-state index contributed by atoms with van der Waals surface area (Å²) in [6.07, 6.45) is 0.844. The van der Waals surface area contributed by atoms with E-state index < -0.39 is 5.92 Å². The van der Waals surface area contributed by atoms with Gasteiger partial charge in [0, 0.05) is 5.56 Å². The van der Waals surface area contributed by atoms with Gasteiger partial charge >= 0.3 is 0 Å². The Morgan fingerprint density at radius 3 is 2.53 bits per heavy atom. The normalized spacial score (nSPS) is 16.6. The van der Waals surface area contributed by atoms with Crippen molar-refractivity contribution in [2.24, 2.45) is 10.9 Å². The maximum Gasteiger partial charge on any atom is 0.175 e. The number of hydrogen-bond donors (Lipinski definition) is 0. The number of nitrogens with zero attached hydrogens (tertiary/aromatic N) is 3. The average Bonchev–Trinajstić information content (AvgIpc) is 2.29. The van der Waals surface area contributed by atoms with Gasteiger partial charge < -0.3 is 0 Å². The molecule has 0 amide bonds. The summed E-state index contributed by atoms with van der Waals surface area (Å²) in [6.45, 7) is 4.05. The monoisotopic (exact) mass is 223 g/mol. The Morgan fingerprint density at radius 2 is 1.88 bits per heavy atom. The van der Waals surface area contributed by atoms with E-state index in [0.29, 0.717) is 5.71 Å². The third-order valence-corrected chi connectivity index (χ3v) is 2.87. The Kier molecular flexibility index (Phi) is 2.69. The molecule has 0 saturated carbocycles. The van der Waals surface area contributed by atoms with Crippen LogP contribution in [0.4, 0.5) is 0 Å². The summed E-state index contributed by atoms with van der Waals surface area (Å²) in [5.41, 5.74) is 2.48. The van der Waals surface area contributed by atoms with Gasteiger partial charge in [-0.2, -0.15) is 10.5 Å². The van der Waals surface area contributed by atoms with Crippen LogP contribution in [0.2, 0.25) is 0 Å².